The topological polar surface area (TPSA) is 12.9 Å². The Morgan fingerprint density at radius 1 is 1.15 bits per heavy atom. The van der Waals surface area contributed by atoms with Gasteiger partial charge in [0.05, 0.1) is 5.52 Å². The van der Waals surface area contributed by atoms with Gasteiger partial charge in [-0.1, -0.05) is 18.2 Å². The molecule has 0 amide bonds. The fourth-order valence-corrected chi connectivity index (χ4v) is 1.82. The molecule has 1 nitrogen and oxygen atoms in total. The maximum atomic E-state index is 12.3. The smallest absolute Gasteiger partial charge is 0.192 e. The zero-order valence-electron chi connectivity index (χ0n) is 6.30. The van der Waals surface area contributed by atoms with Gasteiger partial charge in [0, 0.05) is 5.39 Å². The van der Waals surface area contributed by atoms with Crippen LogP contribution >= 0.6 is 11.5 Å². The van der Waals surface area contributed by atoms with Crippen LogP contribution in [0.2, 0.25) is 0 Å². The summed E-state index contributed by atoms with van der Waals surface area (Å²) in [4.78, 5) is -0.622. The lowest BCUT2D eigenvalue weighted by atomic mass is 10.2. The monoisotopic (exact) mass is 203 g/mol. The van der Waals surface area contributed by atoms with Crippen LogP contribution in [0.15, 0.2) is 24.3 Å². The van der Waals surface area contributed by atoms with Crippen molar-refractivity contribution in [2.75, 3.05) is 0 Å². The van der Waals surface area contributed by atoms with E-state index in [9.17, 15) is 13.2 Å². The Bertz CT molecular complexity index is 432. The fourth-order valence-electron chi connectivity index (χ4n) is 1.09. The molecule has 2 rings (SSSR count). The summed E-state index contributed by atoms with van der Waals surface area (Å²) in [5.74, 6) is 0. The zero-order chi connectivity index (χ0) is 9.47. The molecule has 0 aliphatic heterocycles. The van der Waals surface area contributed by atoms with Gasteiger partial charge in [0.1, 0.15) is 4.88 Å². The molecule has 0 spiro atoms. The van der Waals surface area contributed by atoms with Crippen molar-refractivity contribution in [1.82, 2.24) is 4.37 Å². The number of rotatable bonds is 0. The molecule has 68 valence electrons. The summed E-state index contributed by atoms with van der Waals surface area (Å²) in [5.41, 5.74) is 0.403. The summed E-state index contributed by atoms with van der Waals surface area (Å²) in [7, 11) is 0. The number of nitrogens with zero attached hydrogens (tertiary/aromatic N) is 1. The summed E-state index contributed by atoms with van der Waals surface area (Å²) >= 11 is 0.495. The lowest BCUT2D eigenvalue weighted by Crippen LogP contribution is -2.01. The van der Waals surface area contributed by atoms with Gasteiger partial charge < -0.3 is 0 Å². The largest absolute Gasteiger partial charge is 0.427 e. The highest BCUT2D eigenvalue weighted by molar-refractivity contribution is 7.07. The van der Waals surface area contributed by atoms with Gasteiger partial charge in [0.15, 0.2) is 0 Å². The minimum atomic E-state index is -4.29. The van der Waals surface area contributed by atoms with Gasteiger partial charge >= 0.3 is 6.18 Å². The van der Waals surface area contributed by atoms with Gasteiger partial charge in [0.25, 0.3) is 0 Å². The predicted octanol–water partition coefficient (Wildman–Crippen LogP) is 3.32. The Balaban J connectivity index is 2.72. The van der Waals surface area contributed by atoms with E-state index in [1.807, 2.05) is 0 Å². The van der Waals surface area contributed by atoms with Crippen molar-refractivity contribution in [3.05, 3.63) is 29.1 Å². The van der Waals surface area contributed by atoms with Gasteiger partial charge in [-0.05, 0) is 17.6 Å². The summed E-state index contributed by atoms with van der Waals surface area (Å²) in [6, 6.07) is 6.25. The van der Waals surface area contributed by atoms with Crippen LogP contribution < -0.4 is 0 Å². The minimum Gasteiger partial charge on any atom is -0.192 e. The van der Waals surface area contributed by atoms with Crippen molar-refractivity contribution < 1.29 is 13.2 Å². The quantitative estimate of drug-likeness (QED) is 0.640. The molecule has 0 radical (unpaired) electrons. The van der Waals surface area contributed by atoms with E-state index in [4.69, 9.17) is 0 Å². The molecule has 0 fully saturated rings. The first kappa shape index (κ1) is 8.50. The second-order valence-electron chi connectivity index (χ2n) is 2.53. The Morgan fingerprint density at radius 3 is 2.54 bits per heavy atom. The Labute approximate surface area is 76.0 Å². The lowest BCUT2D eigenvalue weighted by molar-refractivity contribution is -0.133. The van der Waals surface area contributed by atoms with Crippen LogP contribution in [0.25, 0.3) is 10.9 Å². The molecule has 2 aromatic rings. The van der Waals surface area contributed by atoms with Crippen molar-refractivity contribution in [1.29, 1.82) is 0 Å². The van der Waals surface area contributed by atoms with Crippen molar-refractivity contribution in [3.8, 4) is 0 Å². The molecule has 0 aliphatic carbocycles. The van der Waals surface area contributed by atoms with E-state index in [1.165, 1.54) is 6.07 Å². The highest BCUT2D eigenvalue weighted by Gasteiger charge is 2.34. The number of fused-ring (bicyclic) bond motifs is 1. The van der Waals surface area contributed by atoms with Crippen LogP contribution in [-0.2, 0) is 6.18 Å². The third kappa shape index (κ3) is 1.39. The van der Waals surface area contributed by atoms with Crippen molar-refractivity contribution in [2.45, 2.75) is 6.18 Å². The second-order valence-corrected chi connectivity index (χ2v) is 3.30. The summed E-state index contributed by atoms with van der Waals surface area (Å²) in [6.45, 7) is 0. The number of hydrogen-bond acceptors (Lipinski definition) is 2. The van der Waals surface area contributed by atoms with Crippen LogP contribution in [0.5, 0.6) is 0 Å². The van der Waals surface area contributed by atoms with E-state index in [-0.39, 0.29) is 5.39 Å². The molecule has 1 aromatic carbocycles. The van der Waals surface area contributed by atoms with E-state index in [0.29, 0.717) is 17.0 Å². The third-order valence-corrected chi connectivity index (χ3v) is 2.56. The van der Waals surface area contributed by atoms with Gasteiger partial charge in [0.2, 0.25) is 0 Å². The van der Waals surface area contributed by atoms with Gasteiger partial charge in [-0.25, -0.2) is 0 Å². The van der Waals surface area contributed by atoms with E-state index < -0.39 is 11.1 Å². The third-order valence-electron chi connectivity index (χ3n) is 1.64. The Kier molecular flexibility index (Phi) is 1.76. The lowest BCUT2D eigenvalue weighted by Gasteiger charge is -2.01. The van der Waals surface area contributed by atoms with Crippen LogP contribution in [0.3, 0.4) is 0 Å². The van der Waals surface area contributed by atoms with Gasteiger partial charge in [-0.15, -0.1) is 0 Å². The predicted molar refractivity (Wildman–Crippen MR) is 44.6 cm³/mol. The average molecular weight is 203 g/mol. The highest BCUT2D eigenvalue weighted by atomic mass is 32.1. The molecule has 1 heterocycles. The van der Waals surface area contributed by atoms with Crippen LogP contribution in [0.4, 0.5) is 13.2 Å². The molecular formula is C8H4F3NS. The Hall–Kier alpha value is -1.10. The molecule has 0 bridgehead atoms. The summed E-state index contributed by atoms with van der Waals surface area (Å²) in [6.07, 6.45) is -4.29. The number of hydrogen-bond donors (Lipinski definition) is 0. The molecule has 0 saturated heterocycles. The number of alkyl halides is 3. The molecule has 0 aliphatic rings. The van der Waals surface area contributed by atoms with Crippen LogP contribution in [-0.4, -0.2) is 4.37 Å². The van der Waals surface area contributed by atoms with Gasteiger partial charge in [-0.2, -0.15) is 17.5 Å². The zero-order valence-corrected chi connectivity index (χ0v) is 7.12. The van der Waals surface area contributed by atoms with Crippen LogP contribution in [0, 0.1) is 0 Å². The van der Waals surface area contributed by atoms with Crippen molar-refractivity contribution in [2.24, 2.45) is 0 Å². The minimum absolute atomic E-state index is 0.181. The molecule has 0 N–H and O–H groups in total. The molecule has 0 atom stereocenters. The van der Waals surface area contributed by atoms with Crippen LogP contribution in [0.1, 0.15) is 4.88 Å². The van der Waals surface area contributed by atoms with E-state index in [0.717, 1.165) is 0 Å². The van der Waals surface area contributed by atoms with E-state index in [2.05, 4.69) is 4.37 Å². The molecule has 1 aromatic heterocycles. The van der Waals surface area contributed by atoms with Crippen molar-refractivity contribution in [3.63, 3.8) is 0 Å². The number of benzene rings is 1. The van der Waals surface area contributed by atoms with E-state index >= 15 is 0 Å². The van der Waals surface area contributed by atoms with Crippen molar-refractivity contribution >= 4 is 22.4 Å². The first-order valence-electron chi connectivity index (χ1n) is 3.50. The highest BCUT2D eigenvalue weighted by Crippen LogP contribution is 2.37. The summed E-state index contributed by atoms with van der Waals surface area (Å²) in [5, 5.41) is 0.181. The molecular weight excluding hydrogens is 199 g/mol. The molecule has 0 unspecified atom stereocenters. The number of halogens is 3. The Morgan fingerprint density at radius 2 is 1.85 bits per heavy atom. The molecule has 5 heteroatoms. The number of aromatic nitrogens is 1. The standard InChI is InChI=1S/C8H4F3NS/c9-8(10,11)7-5-3-1-2-4-6(5)12-13-7/h1-4H. The fraction of sp³-hybridized carbons (Fsp3) is 0.125. The first-order chi connectivity index (χ1) is 6.09. The average Bonchev–Trinajstić information content (AvgIpc) is 2.45. The first-order valence-corrected chi connectivity index (χ1v) is 4.28. The maximum absolute atomic E-state index is 12.3. The summed E-state index contributed by atoms with van der Waals surface area (Å²) < 4.78 is 40.7. The van der Waals surface area contributed by atoms with Gasteiger partial charge in [-0.3, -0.25) is 0 Å². The van der Waals surface area contributed by atoms with E-state index in [1.54, 1.807) is 18.2 Å². The molecule has 13 heavy (non-hydrogen) atoms. The molecule has 0 saturated carbocycles. The second kappa shape index (κ2) is 2.70. The SMILES string of the molecule is FC(F)(F)c1snc2ccccc12. The normalized spacial score (nSPS) is 12.2. The maximum Gasteiger partial charge on any atom is 0.427 e.